The van der Waals surface area contributed by atoms with Crippen LogP contribution in [0.5, 0.6) is 0 Å². The molecule has 0 radical (unpaired) electrons. The molecule has 1 atom stereocenters. The monoisotopic (exact) mass is 310 g/mol. The fourth-order valence-corrected chi connectivity index (χ4v) is 3.93. The van der Waals surface area contributed by atoms with E-state index in [-0.39, 0.29) is 0 Å². The van der Waals surface area contributed by atoms with Gasteiger partial charge in [0, 0.05) is 4.47 Å². The first kappa shape index (κ1) is 15.8. The van der Waals surface area contributed by atoms with E-state index in [9.17, 15) is 0 Å². The summed E-state index contributed by atoms with van der Waals surface area (Å²) >= 11 is 3.71. The number of rotatable bonds is 2. The quantitative estimate of drug-likeness (QED) is 0.617. The van der Waals surface area contributed by atoms with Crippen molar-refractivity contribution in [3.05, 3.63) is 33.8 Å². The molecule has 1 aliphatic carbocycles. The highest BCUT2D eigenvalue weighted by Gasteiger charge is 2.37. The predicted octanol–water partition coefficient (Wildman–Crippen LogP) is 6.12. The second-order valence-corrected chi connectivity index (χ2v) is 6.14. The normalized spacial score (nSPS) is 22.2. The van der Waals surface area contributed by atoms with Crippen LogP contribution in [-0.4, -0.2) is 0 Å². The third kappa shape index (κ3) is 2.66. The first-order chi connectivity index (χ1) is 8.62. The van der Waals surface area contributed by atoms with Crippen molar-refractivity contribution in [1.29, 1.82) is 0 Å². The van der Waals surface area contributed by atoms with Crippen molar-refractivity contribution in [3.8, 4) is 0 Å². The number of hydrogen-bond acceptors (Lipinski definition) is 0. The third-order valence-corrected chi connectivity index (χ3v) is 5.18. The van der Waals surface area contributed by atoms with Crippen LogP contribution in [0.1, 0.15) is 65.0 Å². The van der Waals surface area contributed by atoms with E-state index in [1.807, 2.05) is 13.8 Å². The highest BCUT2D eigenvalue weighted by molar-refractivity contribution is 9.10. The molecule has 0 fully saturated rings. The first-order valence-corrected chi connectivity index (χ1v) is 8.19. The molecule has 1 aromatic rings. The van der Waals surface area contributed by atoms with Crippen LogP contribution in [0.25, 0.3) is 0 Å². The minimum absolute atomic E-state index is 0.414. The van der Waals surface area contributed by atoms with Crippen LogP contribution in [0.4, 0.5) is 0 Å². The highest BCUT2D eigenvalue weighted by Crippen LogP contribution is 2.46. The molecule has 0 amide bonds. The summed E-state index contributed by atoms with van der Waals surface area (Å²) in [6.45, 7) is 11.1. The lowest BCUT2D eigenvalue weighted by atomic mass is 9.62. The lowest BCUT2D eigenvalue weighted by Gasteiger charge is -2.42. The Labute approximate surface area is 121 Å². The summed E-state index contributed by atoms with van der Waals surface area (Å²) < 4.78 is 1.31. The Morgan fingerprint density at radius 3 is 2.50 bits per heavy atom. The summed E-state index contributed by atoms with van der Waals surface area (Å²) in [5.41, 5.74) is 3.58. The number of halogens is 1. The molecule has 2 rings (SSSR count). The molecule has 1 heteroatoms. The van der Waals surface area contributed by atoms with E-state index in [0.29, 0.717) is 5.41 Å². The van der Waals surface area contributed by atoms with Gasteiger partial charge in [-0.25, -0.2) is 0 Å². The van der Waals surface area contributed by atoms with Gasteiger partial charge in [-0.15, -0.1) is 0 Å². The van der Waals surface area contributed by atoms with Gasteiger partial charge in [0.2, 0.25) is 0 Å². The van der Waals surface area contributed by atoms with Gasteiger partial charge in [-0.05, 0) is 54.2 Å². The molecule has 102 valence electrons. The van der Waals surface area contributed by atoms with Crippen molar-refractivity contribution < 1.29 is 0 Å². The highest BCUT2D eigenvalue weighted by atomic mass is 79.9. The average molecular weight is 311 g/mol. The largest absolute Gasteiger partial charge is 0.0683 e. The zero-order valence-electron chi connectivity index (χ0n) is 12.5. The first-order valence-electron chi connectivity index (χ1n) is 7.39. The van der Waals surface area contributed by atoms with Gasteiger partial charge in [0.25, 0.3) is 0 Å². The Kier molecular flexibility index (Phi) is 5.91. The van der Waals surface area contributed by atoms with E-state index in [4.69, 9.17) is 0 Å². The molecular weight excluding hydrogens is 284 g/mol. The third-order valence-electron chi connectivity index (χ3n) is 4.44. The van der Waals surface area contributed by atoms with Crippen molar-refractivity contribution in [1.82, 2.24) is 0 Å². The molecule has 0 nitrogen and oxygen atoms in total. The second-order valence-electron chi connectivity index (χ2n) is 5.28. The average Bonchev–Trinajstić information content (AvgIpc) is 2.40. The zero-order valence-corrected chi connectivity index (χ0v) is 14.1. The summed E-state index contributed by atoms with van der Waals surface area (Å²) in [6.07, 6.45) is 5.19. The van der Waals surface area contributed by atoms with Crippen LogP contribution >= 0.6 is 15.9 Å². The smallest absolute Gasteiger partial charge is 0.0210 e. The zero-order chi connectivity index (χ0) is 13.8. The molecule has 1 aliphatic rings. The van der Waals surface area contributed by atoms with E-state index in [1.165, 1.54) is 30.2 Å². The fraction of sp³-hybridized carbons (Fsp3) is 0.647. The molecule has 0 spiro atoms. The second kappa shape index (κ2) is 6.75. The Morgan fingerprint density at radius 1 is 1.28 bits per heavy atom. The SMILES string of the molecule is CC.CCC1(C(C)C)CCCc2c(Br)cccc21. The Balaban J connectivity index is 0.000000771. The maximum Gasteiger partial charge on any atom is 0.0210 e. The van der Waals surface area contributed by atoms with Crippen molar-refractivity contribution in [2.24, 2.45) is 5.92 Å². The van der Waals surface area contributed by atoms with Crippen molar-refractivity contribution >= 4 is 15.9 Å². The van der Waals surface area contributed by atoms with Crippen molar-refractivity contribution in [2.75, 3.05) is 0 Å². The van der Waals surface area contributed by atoms with Crippen LogP contribution in [0.15, 0.2) is 22.7 Å². The van der Waals surface area contributed by atoms with E-state index < -0.39 is 0 Å². The number of fused-ring (bicyclic) bond motifs is 1. The lowest BCUT2D eigenvalue weighted by Crippen LogP contribution is -2.35. The maximum atomic E-state index is 3.71. The van der Waals surface area contributed by atoms with Crippen LogP contribution in [0, 0.1) is 5.92 Å². The van der Waals surface area contributed by atoms with Gasteiger partial charge >= 0.3 is 0 Å². The van der Waals surface area contributed by atoms with Gasteiger partial charge in [-0.2, -0.15) is 0 Å². The molecule has 0 N–H and O–H groups in total. The van der Waals surface area contributed by atoms with E-state index in [0.717, 1.165) is 5.92 Å². The lowest BCUT2D eigenvalue weighted by molar-refractivity contribution is 0.252. The van der Waals surface area contributed by atoms with Crippen molar-refractivity contribution in [3.63, 3.8) is 0 Å². The predicted molar refractivity (Wildman–Crippen MR) is 85.2 cm³/mol. The minimum Gasteiger partial charge on any atom is -0.0683 e. The van der Waals surface area contributed by atoms with Gasteiger partial charge < -0.3 is 0 Å². The summed E-state index contributed by atoms with van der Waals surface area (Å²) in [5, 5.41) is 0. The molecule has 1 unspecified atom stereocenters. The summed E-state index contributed by atoms with van der Waals surface area (Å²) in [4.78, 5) is 0. The Bertz CT molecular complexity index is 381. The Morgan fingerprint density at radius 2 is 1.94 bits per heavy atom. The van der Waals surface area contributed by atoms with Crippen molar-refractivity contribution in [2.45, 2.75) is 65.7 Å². The van der Waals surface area contributed by atoms with Crippen LogP contribution < -0.4 is 0 Å². The molecule has 1 aromatic carbocycles. The van der Waals surface area contributed by atoms with Gasteiger partial charge in [-0.1, -0.05) is 62.7 Å². The maximum absolute atomic E-state index is 3.71. The van der Waals surface area contributed by atoms with Crippen LogP contribution in [0.3, 0.4) is 0 Å². The minimum atomic E-state index is 0.414. The van der Waals surface area contributed by atoms with Crippen LogP contribution in [0.2, 0.25) is 0 Å². The summed E-state index contributed by atoms with van der Waals surface area (Å²) in [5.74, 6) is 0.728. The van der Waals surface area contributed by atoms with Gasteiger partial charge in [0.05, 0.1) is 0 Å². The molecule has 0 aliphatic heterocycles. The Hall–Kier alpha value is -0.300. The number of benzene rings is 1. The molecule has 18 heavy (non-hydrogen) atoms. The van der Waals surface area contributed by atoms with Gasteiger partial charge in [0.1, 0.15) is 0 Å². The number of hydrogen-bond donors (Lipinski definition) is 0. The fourth-order valence-electron chi connectivity index (χ4n) is 3.37. The topological polar surface area (TPSA) is 0 Å². The standard InChI is InChI=1S/C15H21Br.C2H6/c1-4-15(11(2)3)10-6-7-12-13(15)8-5-9-14(12)16;1-2/h5,8-9,11H,4,6-7,10H2,1-3H3;1-2H3. The van der Waals surface area contributed by atoms with E-state index in [2.05, 4.69) is 54.9 Å². The molecule has 0 bridgehead atoms. The summed E-state index contributed by atoms with van der Waals surface area (Å²) in [7, 11) is 0. The summed E-state index contributed by atoms with van der Waals surface area (Å²) in [6, 6.07) is 6.73. The van der Waals surface area contributed by atoms with Gasteiger partial charge in [-0.3, -0.25) is 0 Å². The molecule has 0 saturated carbocycles. The van der Waals surface area contributed by atoms with Gasteiger partial charge in [0.15, 0.2) is 0 Å². The molecule has 0 saturated heterocycles. The molecule has 0 heterocycles. The van der Waals surface area contributed by atoms with E-state index in [1.54, 1.807) is 11.1 Å². The molecule has 0 aromatic heterocycles. The van der Waals surface area contributed by atoms with E-state index >= 15 is 0 Å². The van der Waals surface area contributed by atoms with Crippen LogP contribution in [-0.2, 0) is 11.8 Å². The molecular formula is C17H27Br.